The molecule has 1 aromatic heterocycles. The van der Waals surface area contributed by atoms with Crippen molar-refractivity contribution in [2.24, 2.45) is 11.7 Å². The van der Waals surface area contributed by atoms with E-state index in [1.807, 2.05) is 46.1 Å². The Kier molecular flexibility index (Phi) is 5.49. The Morgan fingerprint density at radius 1 is 1.10 bits per heavy atom. The van der Waals surface area contributed by atoms with Crippen LogP contribution in [-0.2, 0) is 0 Å². The van der Waals surface area contributed by atoms with Crippen LogP contribution >= 0.6 is 0 Å². The van der Waals surface area contributed by atoms with E-state index in [0.717, 1.165) is 48.4 Å². The zero-order valence-corrected chi connectivity index (χ0v) is 17.1. The summed E-state index contributed by atoms with van der Waals surface area (Å²) in [6, 6.07) is 16.2. The summed E-state index contributed by atoms with van der Waals surface area (Å²) in [5, 5.41) is 4.84. The van der Waals surface area contributed by atoms with Crippen molar-refractivity contribution in [2.75, 3.05) is 19.6 Å². The highest BCUT2D eigenvalue weighted by Gasteiger charge is 2.27. The lowest BCUT2D eigenvalue weighted by atomic mass is 9.96. The number of nitrogens with two attached hydrogens (primary N) is 1. The second kappa shape index (κ2) is 8.21. The number of carbonyl (C=O) groups is 1. The van der Waals surface area contributed by atoms with Gasteiger partial charge in [-0.25, -0.2) is 4.68 Å². The molecule has 0 radical (unpaired) electrons. The number of hydrogen-bond donors (Lipinski definition) is 1. The Morgan fingerprint density at radius 2 is 1.83 bits per heavy atom. The Morgan fingerprint density at radius 3 is 2.48 bits per heavy atom. The number of likely N-dealkylation sites (tertiary alicyclic amines) is 1. The van der Waals surface area contributed by atoms with E-state index in [-0.39, 0.29) is 5.91 Å². The van der Waals surface area contributed by atoms with Crippen molar-refractivity contribution >= 4 is 5.91 Å². The van der Waals surface area contributed by atoms with Gasteiger partial charge < -0.3 is 10.6 Å². The van der Waals surface area contributed by atoms with Gasteiger partial charge >= 0.3 is 0 Å². The summed E-state index contributed by atoms with van der Waals surface area (Å²) in [5.74, 6) is 0.572. The van der Waals surface area contributed by atoms with E-state index < -0.39 is 0 Å². The highest BCUT2D eigenvalue weighted by atomic mass is 16.2. The monoisotopic (exact) mass is 388 g/mol. The first-order valence-corrected chi connectivity index (χ1v) is 10.3. The quantitative estimate of drug-likeness (QED) is 0.736. The zero-order valence-electron chi connectivity index (χ0n) is 17.1. The number of hydrogen-bond acceptors (Lipinski definition) is 3. The number of para-hydroxylation sites is 1. The first kappa shape index (κ1) is 19.4. The fraction of sp³-hybridized carbons (Fsp3) is 0.333. The highest BCUT2D eigenvalue weighted by Crippen LogP contribution is 2.29. The first-order chi connectivity index (χ1) is 14.1. The summed E-state index contributed by atoms with van der Waals surface area (Å²) in [7, 11) is 0. The Bertz CT molecular complexity index is 1000. The molecule has 2 N–H and O–H groups in total. The maximum absolute atomic E-state index is 13.5. The number of rotatable bonds is 4. The minimum absolute atomic E-state index is 0.0534. The van der Waals surface area contributed by atoms with Gasteiger partial charge in [-0.1, -0.05) is 42.0 Å². The molecule has 1 fully saturated rings. The molecule has 1 saturated heterocycles. The number of nitrogens with zero attached hydrogens (tertiary/aromatic N) is 3. The molecule has 0 spiro atoms. The average Bonchev–Trinajstić information content (AvgIpc) is 3.19. The second-order valence-electron chi connectivity index (χ2n) is 7.96. The van der Waals surface area contributed by atoms with Gasteiger partial charge in [-0.2, -0.15) is 5.10 Å². The van der Waals surface area contributed by atoms with Gasteiger partial charge in [-0.15, -0.1) is 0 Å². The van der Waals surface area contributed by atoms with Crippen molar-refractivity contribution < 1.29 is 4.79 Å². The number of piperidine rings is 1. The Labute approximate surface area is 172 Å². The Hall–Kier alpha value is -2.92. The molecular formula is C24H28N4O. The standard InChI is InChI=1S/C24H28N4O/c1-17-8-9-21(18(2)14-17)23-22(16-28(26-23)20-6-4-3-5-7-20)24(29)27-12-10-19(15-25)11-13-27/h3-9,14,16,19H,10-13,15,25H2,1-2H3. The van der Waals surface area contributed by atoms with Gasteiger partial charge in [-0.05, 0) is 56.8 Å². The SMILES string of the molecule is Cc1ccc(-c2nn(-c3ccccc3)cc2C(=O)N2CCC(CN)CC2)c(C)c1. The van der Waals surface area contributed by atoms with Gasteiger partial charge in [0, 0.05) is 24.8 Å². The minimum Gasteiger partial charge on any atom is -0.339 e. The third kappa shape index (κ3) is 3.96. The normalized spacial score (nSPS) is 14.9. The van der Waals surface area contributed by atoms with Crippen molar-refractivity contribution in [3.05, 3.63) is 71.4 Å². The van der Waals surface area contributed by atoms with Gasteiger partial charge in [0.25, 0.3) is 5.91 Å². The highest BCUT2D eigenvalue weighted by molar-refractivity contribution is 6.00. The van der Waals surface area contributed by atoms with Crippen molar-refractivity contribution in [1.82, 2.24) is 14.7 Å². The molecular weight excluding hydrogens is 360 g/mol. The molecule has 1 amide bonds. The van der Waals surface area contributed by atoms with Crippen molar-refractivity contribution in [2.45, 2.75) is 26.7 Å². The summed E-state index contributed by atoms with van der Waals surface area (Å²) in [6.45, 7) is 6.35. The van der Waals surface area contributed by atoms with Crippen LogP contribution in [0.25, 0.3) is 16.9 Å². The van der Waals surface area contributed by atoms with Crippen LogP contribution in [0.2, 0.25) is 0 Å². The predicted octanol–water partition coefficient (Wildman–Crippen LogP) is 3.97. The molecule has 0 saturated carbocycles. The van der Waals surface area contributed by atoms with E-state index in [4.69, 9.17) is 10.8 Å². The summed E-state index contributed by atoms with van der Waals surface area (Å²) in [4.78, 5) is 15.4. The van der Waals surface area contributed by atoms with Gasteiger partial charge in [-0.3, -0.25) is 4.79 Å². The smallest absolute Gasteiger partial charge is 0.257 e. The van der Waals surface area contributed by atoms with Crippen LogP contribution in [0.4, 0.5) is 0 Å². The van der Waals surface area contributed by atoms with Crippen LogP contribution in [0.3, 0.4) is 0 Å². The predicted molar refractivity (Wildman–Crippen MR) is 116 cm³/mol. The number of aromatic nitrogens is 2. The first-order valence-electron chi connectivity index (χ1n) is 10.3. The fourth-order valence-corrected chi connectivity index (χ4v) is 4.06. The molecule has 5 nitrogen and oxygen atoms in total. The molecule has 0 bridgehead atoms. The fourth-order valence-electron chi connectivity index (χ4n) is 4.06. The zero-order chi connectivity index (χ0) is 20.4. The van der Waals surface area contributed by atoms with Crippen molar-refractivity contribution in [3.63, 3.8) is 0 Å². The van der Waals surface area contributed by atoms with Crippen molar-refractivity contribution in [3.8, 4) is 16.9 Å². The number of carbonyl (C=O) groups excluding carboxylic acids is 1. The number of benzene rings is 2. The van der Waals surface area contributed by atoms with Crippen LogP contribution in [0.15, 0.2) is 54.7 Å². The third-order valence-electron chi connectivity index (χ3n) is 5.84. The maximum atomic E-state index is 13.5. The lowest BCUT2D eigenvalue weighted by Gasteiger charge is -2.31. The third-order valence-corrected chi connectivity index (χ3v) is 5.84. The molecule has 2 heterocycles. The molecule has 1 aliphatic rings. The minimum atomic E-state index is 0.0534. The van der Waals surface area contributed by atoms with E-state index in [9.17, 15) is 4.79 Å². The van der Waals surface area contributed by atoms with Crippen molar-refractivity contribution in [1.29, 1.82) is 0 Å². The molecule has 0 atom stereocenters. The van der Waals surface area contributed by atoms with Crippen LogP contribution in [0.1, 0.15) is 34.3 Å². The van der Waals surface area contributed by atoms with Gasteiger partial charge in [0.1, 0.15) is 5.69 Å². The Balaban J connectivity index is 1.75. The van der Waals surface area contributed by atoms with Crippen LogP contribution in [0.5, 0.6) is 0 Å². The van der Waals surface area contributed by atoms with Crippen LogP contribution in [0, 0.1) is 19.8 Å². The van der Waals surface area contributed by atoms with Crippen LogP contribution in [-0.4, -0.2) is 40.2 Å². The summed E-state index contributed by atoms with van der Waals surface area (Å²) >= 11 is 0. The lowest BCUT2D eigenvalue weighted by Crippen LogP contribution is -2.40. The van der Waals surface area contributed by atoms with Gasteiger partial charge in [0.05, 0.1) is 11.3 Å². The molecule has 2 aromatic carbocycles. The van der Waals surface area contributed by atoms with E-state index in [1.54, 1.807) is 0 Å². The summed E-state index contributed by atoms with van der Waals surface area (Å²) in [5.41, 5.74) is 11.5. The maximum Gasteiger partial charge on any atom is 0.257 e. The summed E-state index contributed by atoms with van der Waals surface area (Å²) in [6.07, 6.45) is 3.81. The largest absolute Gasteiger partial charge is 0.339 e. The molecule has 150 valence electrons. The van der Waals surface area contributed by atoms with E-state index >= 15 is 0 Å². The van der Waals surface area contributed by atoms with Gasteiger partial charge in [0.2, 0.25) is 0 Å². The number of aryl methyl sites for hydroxylation is 2. The van der Waals surface area contributed by atoms with E-state index in [1.165, 1.54) is 5.56 Å². The molecule has 5 heteroatoms. The lowest BCUT2D eigenvalue weighted by molar-refractivity contribution is 0.0694. The van der Waals surface area contributed by atoms with E-state index in [2.05, 4.69) is 32.0 Å². The molecule has 0 unspecified atom stereocenters. The second-order valence-corrected chi connectivity index (χ2v) is 7.96. The molecule has 4 rings (SSSR count). The topological polar surface area (TPSA) is 64.2 Å². The van der Waals surface area contributed by atoms with Crippen LogP contribution < -0.4 is 5.73 Å². The molecule has 0 aliphatic carbocycles. The molecule has 3 aromatic rings. The average molecular weight is 389 g/mol. The molecule has 1 aliphatic heterocycles. The van der Waals surface area contributed by atoms with Gasteiger partial charge in [0.15, 0.2) is 0 Å². The molecule has 29 heavy (non-hydrogen) atoms. The van der Waals surface area contributed by atoms with E-state index in [0.29, 0.717) is 18.0 Å². The number of amides is 1. The summed E-state index contributed by atoms with van der Waals surface area (Å²) < 4.78 is 1.81.